The van der Waals surface area contributed by atoms with Crippen molar-refractivity contribution in [1.82, 2.24) is 20.0 Å². The number of aromatic amines is 1. The number of nitrogens with zero attached hydrogens (tertiary/aromatic N) is 3. The highest BCUT2D eigenvalue weighted by Crippen LogP contribution is 2.32. The Bertz CT molecular complexity index is 952. The predicted molar refractivity (Wildman–Crippen MR) is 96.1 cm³/mol. The van der Waals surface area contributed by atoms with E-state index in [0.29, 0.717) is 30.2 Å². The number of halogens is 1. The van der Waals surface area contributed by atoms with Crippen LogP contribution in [0.15, 0.2) is 30.5 Å². The lowest BCUT2D eigenvalue weighted by Gasteiger charge is -2.13. The Balaban J connectivity index is 1.82. The molecular formula is C17H19FN6O3. The molecule has 142 valence electrons. The standard InChI is InChI=1S/C17H19FN6O3/c1-10-15(18)16(23-22-10)27-17(25)21-11-3-4-14(26-8-6-19)12(9-11)13-5-7-20-24(13)2/h3-5,7,9H,6,8,19H2,1-2H3,(H,21,25)(H,22,23). The van der Waals surface area contributed by atoms with Crippen molar-refractivity contribution in [3.63, 3.8) is 0 Å². The van der Waals surface area contributed by atoms with E-state index in [1.165, 1.54) is 6.92 Å². The number of hydrogen-bond acceptors (Lipinski definition) is 6. The van der Waals surface area contributed by atoms with Crippen LogP contribution in [-0.2, 0) is 7.05 Å². The number of aryl methyl sites for hydroxylation is 2. The van der Waals surface area contributed by atoms with Gasteiger partial charge >= 0.3 is 6.09 Å². The fraction of sp³-hybridized carbons (Fsp3) is 0.235. The van der Waals surface area contributed by atoms with E-state index in [1.807, 2.05) is 6.07 Å². The zero-order valence-electron chi connectivity index (χ0n) is 14.8. The van der Waals surface area contributed by atoms with Gasteiger partial charge in [0, 0.05) is 31.0 Å². The number of carbonyl (C=O) groups excluding carboxylic acids is 1. The highest BCUT2D eigenvalue weighted by molar-refractivity contribution is 5.88. The molecular weight excluding hydrogens is 355 g/mol. The van der Waals surface area contributed by atoms with Crippen molar-refractivity contribution < 1.29 is 18.7 Å². The highest BCUT2D eigenvalue weighted by Gasteiger charge is 2.17. The summed E-state index contributed by atoms with van der Waals surface area (Å²) in [6.45, 7) is 2.19. The maximum absolute atomic E-state index is 13.7. The molecule has 0 saturated heterocycles. The Labute approximate surface area is 154 Å². The molecule has 0 fully saturated rings. The quantitative estimate of drug-likeness (QED) is 0.608. The Hall–Kier alpha value is -3.40. The van der Waals surface area contributed by atoms with Gasteiger partial charge in [-0.25, -0.2) is 4.79 Å². The topological polar surface area (TPSA) is 120 Å². The third kappa shape index (κ3) is 4.06. The number of benzene rings is 1. The van der Waals surface area contributed by atoms with Gasteiger partial charge in [-0.2, -0.15) is 9.49 Å². The average molecular weight is 374 g/mol. The largest absolute Gasteiger partial charge is 0.492 e. The first-order valence-electron chi connectivity index (χ1n) is 8.14. The summed E-state index contributed by atoms with van der Waals surface area (Å²) in [4.78, 5) is 12.0. The summed E-state index contributed by atoms with van der Waals surface area (Å²) in [5.41, 5.74) is 7.61. The summed E-state index contributed by atoms with van der Waals surface area (Å²) in [7, 11) is 1.79. The van der Waals surface area contributed by atoms with E-state index in [1.54, 1.807) is 36.1 Å². The molecule has 2 aromatic heterocycles. The minimum atomic E-state index is -0.869. The molecule has 9 nitrogen and oxygen atoms in total. The summed E-state index contributed by atoms with van der Waals surface area (Å²) >= 11 is 0. The van der Waals surface area contributed by atoms with Crippen molar-refractivity contribution in [3.8, 4) is 22.9 Å². The molecule has 1 aromatic carbocycles. The van der Waals surface area contributed by atoms with Crippen molar-refractivity contribution in [2.24, 2.45) is 12.8 Å². The molecule has 0 saturated carbocycles. The van der Waals surface area contributed by atoms with Crippen molar-refractivity contribution in [2.45, 2.75) is 6.92 Å². The van der Waals surface area contributed by atoms with E-state index >= 15 is 0 Å². The lowest BCUT2D eigenvalue weighted by molar-refractivity contribution is 0.211. The SMILES string of the molecule is Cc1[nH]nc(OC(=O)Nc2ccc(OCCN)c(-c3ccnn3C)c2)c1F. The van der Waals surface area contributed by atoms with Gasteiger partial charge < -0.3 is 15.2 Å². The van der Waals surface area contributed by atoms with Gasteiger partial charge in [-0.05, 0) is 31.2 Å². The molecule has 4 N–H and O–H groups in total. The van der Waals surface area contributed by atoms with Crippen molar-refractivity contribution in [2.75, 3.05) is 18.5 Å². The monoisotopic (exact) mass is 374 g/mol. The summed E-state index contributed by atoms with van der Waals surface area (Å²) in [5.74, 6) is -0.539. The summed E-state index contributed by atoms with van der Waals surface area (Å²) in [6.07, 6.45) is 0.783. The second kappa shape index (κ2) is 7.87. The van der Waals surface area contributed by atoms with Crippen LogP contribution in [0.25, 0.3) is 11.3 Å². The first kappa shape index (κ1) is 18.4. The molecule has 0 unspecified atom stereocenters. The van der Waals surface area contributed by atoms with Gasteiger partial charge in [0.2, 0.25) is 5.82 Å². The number of nitrogens with one attached hydrogen (secondary N) is 2. The second-order valence-electron chi connectivity index (χ2n) is 5.67. The predicted octanol–water partition coefficient (Wildman–Crippen LogP) is 2.21. The Morgan fingerprint density at radius 3 is 2.85 bits per heavy atom. The number of amides is 1. The maximum atomic E-state index is 13.7. The van der Waals surface area contributed by atoms with Crippen molar-refractivity contribution >= 4 is 11.8 Å². The van der Waals surface area contributed by atoms with E-state index in [2.05, 4.69) is 20.6 Å². The highest BCUT2D eigenvalue weighted by atomic mass is 19.1. The average Bonchev–Trinajstić information content (AvgIpc) is 3.21. The molecule has 3 rings (SSSR count). The van der Waals surface area contributed by atoms with E-state index in [0.717, 1.165) is 5.69 Å². The molecule has 10 heteroatoms. The third-order valence-corrected chi connectivity index (χ3v) is 3.73. The fourth-order valence-electron chi connectivity index (χ4n) is 2.43. The van der Waals surface area contributed by atoms with Crippen molar-refractivity contribution in [3.05, 3.63) is 42.0 Å². The van der Waals surface area contributed by atoms with Crippen LogP contribution in [0.5, 0.6) is 11.6 Å². The number of rotatable bonds is 6. The lowest BCUT2D eigenvalue weighted by Crippen LogP contribution is -2.17. The number of hydrogen-bond donors (Lipinski definition) is 3. The first-order valence-corrected chi connectivity index (χ1v) is 8.14. The molecule has 0 radical (unpaired) electrons. The lowest BCUT2D eigenvalue weighted by atomic mass is 10.1. The molecule has 0 bridgehead atoms. The van der Waals surface area contributed by atoms with E-state index < -0.39 is 17.8 Å². The molecule has 2 heterocycles. The number of carbonyl (C=O) groups is 1. The van der Waals surface area contributed by atoms with Crippen LogP contribution in [0.3, 0.4) is 0 Å². The zero-order valence-corrected chi connectivity index (χ0v) is 14.8. The first-order chi connectivity index (χ1) is 13.0. The van der Waals surface area contributed by atoms with Gasteiger partial charge in [-0.15, -0.1) is 5.10 Å². The summed E-state index contributed by atoms with van der Waals surface area (Å²) in [5, 5.41) is 12.7. The molecule has 1 amide bonds. The maximum Gasteiger partial charge on any atom is 0.418 e. The molecule has 0 aliphatic carbocycles. The smallest absolute Gasteiger partial charge is 0.418 e. The molecule has 0 aliphatic rings. The van der Waals surface area contributed by atoms with Crippen LogP contribution in [-0.4, -0.2) is 39.2 Å². The van der Waals surface area contributed by atoms with Gasteiger partial charge in [0.15, 0.2) is 0 Å². The molecule has 0 spiro atoms. The number of nitrogens with two attached hydrogens (primary N) is 1. The van der Waals surface area contributed by atoms with Gasteiger partial charge in [0.05, 0.1) is 11.4 Å². The Morgan fingerprint density at radius 1 is 1.41 bits per heavy atom. The van der Waals surface area contributed by atoms with E-state index in [4.69, 9.17) is 15.2 Å². The molecule has 27 heavy (non-hydrogen) atoms. The fourth-order valence-corrected chi connectivity index (χ4v) is 2.43. The molecule has 3 aromatic rings. The summed E-state index contributed by atoms with van der Waals surface area (Å²) < 4.78 is 25.9. The Morgan fingerprint density at radius 2 is 2.22 bits per heavy atom. The van der Waals surface area contributed by atoms with Gasteiger partial charge in [0.1, 0.15) is 12.4 Å². The van der Waals surface area contributed by atoms with Crippen LogP contribution in [0.1, 0.15) is 5.69 Å². The van der Waals surface area contributed by atoms with Crippen LogP contribution < -0.4 is 20.5 Å². The van der Waals surface area contributed by atoms with Gasteiger partial charge in [-0.3, -0.25) is 15.1 Å². The summed E-state index contributed by atoms with van der Waals surface area (Å²) in [6, 6.07) is 6.86. The van der Waals surface area contributed by atoms with Crippen LogP contribution in [0, 0.1) is 12.7 Å². The van der Waals surface area contributed by atoms with Crippen molar-refractivity contribution in [1.29, 1.82) is 0 Å². The molecule has 0 aliphatic heterocycles. The third-order valence-electron chi connectivity index (χ3n) is 3.73. The normalized spacial score (nSPS) is 10.7. The Kier molecular flexibility index (Phi) is 5.36. The van der Waals surface area contributed by atoms with Crippen LogP contribution in [0.2, 0.25) is 0 Å². The van der Waals surface area contributed by atoms with E-state index in [-0.39, 0.29) is 5.69 Å². The minimum absolute atomic E-state index is 0.178. The second-order valence-corrected chi connectivity index (χ2v) is 5.67. The number of H-pyrrole nitrogens is 1. The zero-order chi connectivity index (χ0) is 19.4. The molecule has 0 atom stereocenters. The van der Waals surface area contributed by atoms with Gasteiger partial charge in [0.25, 0.3) is 5.88 Å². The van der Waals surface area contributed by atoms with Crippen LogP contribution >= 0.6 is 0 Å². The minimum Gasteiger partial charge on any atom is -0.492 e. The number of aromatic nitrogens is 4. The van der Waals surface area contributed by atoms with E-state index in [9.17, 15) is 9.18 Å². The van der Waals surface area contributed by atoms with Crippen LogP contribution in [0.4, 0.5) is 14.9 Å². The van der Waals surface area contributed by atoms with Gasteiger partial charge in [-0.1, -0.05) is 0 Å². The number of anilines is 1. The number of ether oxygens (including phenoxy) is 2.